The molecule has 0 aliphatic heterocycles. The summed E-state index contributed by atoms with van der Waals surface area (Å²) in [6.07, 6.45) is 9.98. The molecule has 1 fully saturated rings. The minimum atomic E-state index is 0.0715. The number of ether oxygens (including phenoxy) is 1. The monoisotopic (exact) mass is 255 g/mol. The molecule has 2 heteroatoms. The first-order chi connectivity index (χ1) is 8.56. The van der Waals surface area contributed by atoms with E-state index in [0.29, 0.717) is 0 Å². The fourth-order valence-electron chi connectivity index (χ4n) is 2.90. The minimum Gasteiger partial charge on any atom is -0.381 e. The van der Waals surface area contributed by atoms with Gasteiger partial charge in [-0.25, -0.2) is 0 Å². The SMILES string of the molecule is CCCC1CCC(N)(CCOCCC(C)C)CC1. The van der Waals surface area contributed by atoms with Crippen LogP contribution in [0.3, 0.4) is 0 Å². The van der Waals surface area contributed by atoms with Gasteiger partial charge in [0.25, 0.3) is 0 Å². The Morgan fingerprint density at radius 2 is 1.89 bits per heavy atom. The van der Waals surface area contributed by atoms with Gasteiger partial charge in [0, 0.05) is 18.8 Å². The summed E-state index contributed by atoms with van der Waals surface area (Å²) in [5, 5.41) is 0. The Labute approximate surface area is 114 Å². The molecular weight excluding hydrogens is 222 g/mol. The first-order valence-corrected chi connectivity index (χ1v) is 7.92. The summed E-state index contributed by atoms with van der Waals surface area (Å²) in [6, 6.07) is 0. The summed E-state index contributed by atoms with van der Waals surface area (Å²) in [6.45, 7) is 8.51. The Bertz CT molecular complexity index is 207. The molecule has 0 aromatic rings. The van der Waals surface area contributed by atoms with E-state index in [0.717, 1.165) is 37.9 Å². The molecule has 1 rings (SSSR count). The van der Waals surface area contributed by atoms with Crippen LogP contribution in [0.2, 0.25) is 0 Å². The van der Waals surface area contributed by atoms with Gasteiger partial charge in [-0.05, 0) is 50.4 Å². The van der Waals surface area contributed by atoms with Gasteiger partial charge in [-0.15, -0.1) is 0 Å². The zero-order valence-corrected chi connectivity index (χ0v) is 12.7. The molecule has 2 N–H and O–H groups in total. The minimum absolute atomic E-state index is 0.0715. The van der Waals surface area contributed by atoms with E-state index in [1.54, 1.807) is 0 Å². The second-order valence-electron chi connectivity index (χ2n) is 6.64. The third-order valence-corrected chi connectivity index (χ3v) is 4.38. The van der Waals surface area contributed by atoms with Crippen molar-refractivity contribution in [3.05, 3.63) is 0 Å². The van der Waals surface area contributed by atoms with Crippen LogP contribution >= 0.6 is 0 Å². The summed E-state index contributed by atoms with van der Waals surface area (Å²) in [5.41, 5.74) is 6.55. The highest BCUT2D eigenvalue weighted by Gasteiger charge is 2.30. The molecule has 0 aromatic heterocycles. The molecule has 1 aliphatic carbocycles. The largest absolute Gasteiger partial charge is 0.381 e. The molecule has 0 amide bonds. The molecule has 1 aliphatic rings. The van der Waals surface area contributed by atoms with Gasteiger partial charge < -0.3 is 10.5 Å². The molecule has 0 unspecified atom stereocenters. The van der Waals surface area contributed by atoms with Gasteiger partial charge in [0.05, 0.1) is 0 Å². The van der Waals surface area contributed by atoms with Crippen molar-refractivity contribution in [1.29, 1.82) is 0 Å². The van der Waals surface area contributed by atoms with Crippen LogP contribution in [0, 0.1) is 11.8 Å². The van der Waals surface area contributed by atoms with Crippen LogP contribution in [0.25, 0.3) is 0 Å². The van der Waals surface area contributed by atoms with Crippen LogP contribution in [-0.4, -0.2) is 18.8 Å². The summed E-state index contributed by atoms with van der Waals surface area (Å²) in [7, 11) is 0. The van der Waals surface area contributed by atoms with E-state index in [4.69, 9.17) is 10.5 Å². The third kappa shape index (κ3) is 6.19. The summed E-state index contributed by atoms with van der Waals surface area (Å²) >= 11 is 0. The Morgan fingerprint density at radius 1 is 1.22 bits per heavy atom. The number of hydrogen-bond acceptors (Lipinski definition) is 2. The molecule has 0 atom stereocenters. The lowest BCUT2D eigenvalue weighted by atomic mass is 9.74. The second-order valence-corrected chi connectivity index (χ2v) is 6.64. The Morgan fingerprint density at radius 3 is 2.44 bits per heavy atom. The predicted octanol–water partition coefficient (Wildman–Crippen LogP) is 4.13. The predicted molar refractivity (Wildman–Crippen MR) is 78.7 cm³/mol. The Hall–Kier alpha value is -0.0800. The first-order valence-electron chi connectivity index (χ1n) is 7.92. The zero-order chi connectivity index (χ0) is 13.4. The van der Waals surface area contributed by atoms with E-state index in [-0.39, 0.29) is 5.54 Å². The number of rotatable bonds is 8. The number of hydrogen-bond donors (Lipinski definition) is 1. The van der Waals surface area contributed by atoms with Crippen LogP contribution in [0.15, 0.2) is 0 Å². The molecule has 0 radical (unpaired) electrons. The van der Waals surface area contributed by atoms with E-state index in [2.05, 4.69) is 20.8 Å². The maximum Gasteiger partial charge on any atom is 0.0483 e. The fourth-order valence-corrected chi connectivity index (χ4v) is 2.90. The zero-order valence-electron chi connectivity index (χ0n) is 12.7. The van der Waals surface area contributed by atoms with Crippen LogP contribution in [-0.2, 0) is 4.74 Å². The van der Waals surface area contributed by atoms with Gasteiger partial charge >= 0.3 is 0 Å². The molecule has 0 heterocycles. The van der Waals surface area contributed by atoms with Gasteiger partial charge in [0.15, 0.2) is 0 Å². The first kappa shape index (κ1) is 16.0. The van der Waals surface area contributed by atoms with Crippen molar-refractivity contribution >= 4 is 0 Å². The van der Waals surface area contributed by atoms with Crippen LogP contribution in [0.4, 0.5) is 0 Å². The maximum atomic E-state index is 6.48. The smallest absolute Gasteiger partial charge is 0.0483 e. The maximum absolute atomic E-state index is 6.48. The van der Waals surface area contributed by atoms with Gasteiger partial charge in [-0.2, -0.15) is 0 Å². The van der Waals surface area contributed by atoms with Crippen molar-refractivity contribution in [3.63, 3.8) is 0 Å². The molecular formula is C16H33NO. The molecule has 2 nitrogen and oxygen atoms in total. The third-order valence-electron chi connectivity index (χ3n) is 4.38. The molecule has 0 aromatic carbocycles. The molecule has 0 saturated heterocycles. The van der Waals surface area contributed by atoms with Crippen molar-refractivity contribution in [1.82, 2.24) is 0 Å². The van der Waals surface area contributed by atoms with E-state index >= 15 is 0 Å². The van der Waals surface area contributed by atoms with Crippen LogP contribution in [0.1, 0.15) is 72.1 Å². The molecule has 18 heavy (non-hydrogen) atoms. The highest BCUT2D eigenvalue weighted by Crippen LogP contribution is 2.34. The van der Waals surface area contributed by atoms with E-state index < -0.39 is 0 Å². The van der Waals surface area contributed by atoms with E-state index in [9.17, 15) is 0 Å². The van der Waals surface area contributed by atoms with Crippen LogP contribution < -0.4 is 5.73 Å². The van der Waals surface area contributed by atoms with Crippen molar-refractivity contribution < 1.29 is 4.74 Å². The Balaban J connectivity index is 2.10. The van der Waals surface area contributed by atoms with Crippen molar-refractivity contribution in [2.24, 2.45) is 17.6 Å². The number of nitrogens with two attached hydrogens (primary N) is 1. The molecule has 108 valence electrons. The fraction of sp³-hybridized carbons (Fsp3) is 1.00. The Kier molecular flexibility index (Phi) is 7.25. The van der Waals surface area contributed by atoms with Gasteiger partial charge in [0.1, 0.15) is 0 Å². The summed E-state index contributed by atoms with van der Waals surface area (Å²) < 4.78 is 5.71. The van der Waals surface area contributed by atoms with E-state index in [1.165, 1.54) is 38.5 Å². The lowest BCUT2D eigenvalue weighted by Crippen LogP contribution is -2.44. The normalized spacial score (nSPS) is 28.8. The lowest BCUT2D eigenvalue weighted by molar-refractivity contribution is 0.0917. The highest BCUT2D eigenvalue weighted by atomic mass is 16.5. The highest BCUT2D eigenvalue weighted by molar-refractivity contribution is 4.89. The van der Waals surface area contributed by atoms with Crippen molar-refractivity contribution in [2.45, 2.75) is 77.7 Å². The average Bonchev–Trinajstić information content (AvgIpc) is 2.32. The van der Waals surface area contributed by atoms with Crippen molar-refractivity contribution in [3.8, 4) is 0 Å². The lowest BCUT2D eigenvalue weighted by Gasteiger charge is -2.37. The summed E-state index contributed by atoms with van der Waals surface area (Å²) in [4.78, 5) is 0. The quantitative estimate of drug-likeness (QED) is 0.662. The molecule has 0 spiro atoms. The van der Waals surface area contributed by atoms with E-state index in [1.807, 2.05) is 0 Å². The molecule has 0 bridgehead atoms. The second kappa shape index (κ2) is 8.16. The van der Waals surface area contributed by atoms with Gasteiger partial charge in [-0.3, -0.25) is 0 Å². The van der Waals surface area contributed by atoms with Crippen molar-refractivity contribution in [2.75, 3.05) is 13.2 Å². The average molecular weight is 255 g/mol. The molecule has 1 saturated carbocycles. The van der Waals surface area contributed by atoms with Gasteiger partial charge in [0.2, 0.25) is 0 Å². The van der Waals surface area contributed by atoms with Crippen LogP contribution in [0.5, 0.6) is 0 Å². The topological polar surface area (TPSA) is 35.2 Å². The van der Waals surface area contributed by atoms with Gasteiger partial charge in [-0.1, -0.05) is 33.6 Å². The standard InChI is InChI=1S/C16H33NO/c1-4-5-15-6-9-16(17,10-7-15)11-13-18-12-8-14(2)3/h14-15H,4-13,17H2,1-3H3. The summed E-state index contributed by atoms with van der Waals surface area (Å²) in [5.74, 6) is 1.68.